The highest BCUT2D eigenvalue weighted by Gasteiger charge is 2.45. The van der Waals surface area contributed by atoms with E-state index in [0.717, 1.165) is 0 Å². The number of rotatable bonds is 2. The van der Waals surface area contributed by atoms with Crippen LogP contribution in [0.2, 0.25) is 0 Å². The third kappa shape index (κ3) is 3.43. The highest BCUT2D eigenvalue weighted by Crippen LogP contribution is 2.51. The molecule has 6 N–H and O–H groups in total. The number of aromatic hydroxyl groups is 2. The molecule has 0 aromatic heterocycles. The molecular weight excluding hydrogens is 442 g/mol. The Morgan fingerprint density at radius 3 is 2.26 bits per heavy atom. The van der Waals surface area contributed by atoms with Crippen LogP contribution in [0.15, 0.2) is 24.3 Å². The molecule has 0 bridgehead atoms. The molecule has 1 aliphatic heterocycles. The number of benzene rings is 2. The van der Waals surface area contributed by atoms with Gasteiger partial charge in [-0.15, -0.1) is 0 Å². The minimum absolute atomic E-state index is 0.0382. The van der Waals surface area contributed by atoms with Gasteiger partial charge in [-0.3, -0.25) is 9.59 Å². The van der Waals surface area contributed by atoms with E-state index in [4.69, 9.17) is 15.2 Å². The van der Waals surface area contributed by atoms with Crippen molar-refractivity contribution in [3.63, 3.8) is 0 Å². The third-order valence-corrected chi connectivity index (χ3v) is 7.03. The largest absolute Gasteiger partial charge is 0.507 e. The number of phenolic OH excluding ortho intramolecular Hbond substituents is 2. The third-order valence-electron chi connectivity index (χ3n) is 7.03. The quantitative estimate of drug-likeness (QED) is 0.350. The number of hydrogen-bond donors (Lipinski definition) is 5. The van der Waals surface area contributed by atoms with Gasteiger partial charge < -0.3 is 35.6 Å². The molecule has 1 unspecified atom stereocenters. The van der Waals surface area contributed by atoms with Crippen LogP contribution >= 0.6 is 0 Å². The van der Waals surface area contributed by atoms with Gasteiger partial charge in [0.15, 0.2) is 17.9 Å². The van der Waals surface area contributed by atoms with E-state index < -0.39 is 59.3 Å². The van der Waals surface area contributed by atoms with Crippen LogP contribution in [0.3, 0.4) is 0 Å². The van der Waals surface area contributed by atoms with Gasteiger partial charge in [0.1, 0.15) is 11.5 Å². The van der Waals surface area contributed by atoms with E-state index in [1.807, 2.05) is 0 Å². The van der Waals surface area contributed by atoms with Crippen LogP contribution in [-0.4, -0.2) is 62.1 Å². The number of phenols is 2. The van der Waals surface area contributed by atoms with Crippen LogP contribution in [0.1, 0.15) is 75.8 Å². The summed E-state index contributed by atoms with van der Waals surface area (Å²) < 4.78 is 11.8. The molecule has 180 valence electrons. The van der Waals surface area contributed by atoms with Gasteiger partial charge in [-0.25, -0.2) is 0 Å². The monoisotopic (exact) mass is 469 g/mol. The van der Waals surface area contributed by atoms with Crippen LogP contribution in [0.5, 0.6) is 11.5 Å². The van der Waals surface area contributed by atoms with Crippen molar-refractivity contribution in [2.75, 3.05) is 0 Å². The van der Waals surface area contributed by atoms with E-state index in [0.29, 0.717) is 0 Å². The zero-order valence-corrected chi connectivity index (χ0v) is 18.8. The fourth-order valence-corrected chi connectivity index (χ4v) is 5.34. The number of carbonyl (C=O) groups excluding carboxylic acids is 2. The number of hydrogen-bond acceptors (Lipinski definition) is 9. The minimum Gasteiger partial charge on any atom is -0.507 e. The molecule has 0 amide bonds. The van der Waals surface area contributed by atoms with Crippen molar-refractivity contribution in [2.24, 2.45) is 5.73 Å². The molecule has 0 spiro atoms. The Labute approximate surface area is 195 Å². The standard InChI is InChI=1S/C25H27NO8/c1-10-20(27)14(26)7-16(33-10)34-15-9-25(2,32)8-13-17(15)24(31)19-18(23(13)30)21(28)11-5-3-4-6-12(11)22(19)29/h3-6,10,14-16,20,27,30-32H,7-9,26H2,1-2H3/t10-,14-,15-,16?,20+,25-/m0/s1. The fraction of sp³-hybridized carbons (Fsp3) is 0.440. The van der Waals surface area contributed by atoms with Crippen molar-refractivity contribution >= 4 is 11.6 Å². The highest BCUT2D eigenvalue weighted by molar-refractivity contribution is 6.30. The first kappa shape index (κ1) is 22.9. The molecule has 2 aliphatic carbocycles. The van der Waals surface area contributed by atoms with Crippen LogP contribution in [-0.2, 0) is 15.9 Å². The van der Waals surface area contributed by atoms with Gasteiger partial charge in [0.25, 0.3) is 0 Å². The average molecular weight is 469 g/mol. The molecule has 5 rings (SSSR count). The van der Waals surface area contributed by atoms with Crippen molar-refractivity contribution in [1.29, 1.82) is 0 Å². The molecule has 9 nitrogen and oxygen atoms in total. The summed E-state index contributed by atoms with van der Waals surface area (Å²) in [6, 6.07) is 5.63. The molecule has 1 heterocycles. The Kier molecular flexibility index (Phi) is 5.30. The summed E-state index contributed by atoms with van der Waals surface area (Å²) in [5.74, 6) is -2.06. The molecule has 1 fully saturated rings. The second-order valence-electron chi connectivity index (χ2n) is 9.71. The molecule has 3 aliphatic rings. The molecule has 2 aromatic rings. The van der Waals surface area contributed by atoms with Crippen LogP contribution in [0.25, 0.3) is 0 Å². The topological polar surface area (TPSA) is 160 Å². The number of aliphatic hydroxyl groups is 2. The van der Waals surface area contributed by atoms with Crippen LogP contribution in [0, 0.1) is 0 Å². The van der Waals surface area contributed by atoms with Crippen molar-refractivity contribution in [3.8, 4) is 11.5 Å². The SMILES string of the molecule is C[C@@H]1OC(O[C@H]2C[C@@](C)(O)Cc3c(O)c4c(c(O)c32)C(=O)c2ccccc2C4=O)C[C@H](N)[C@@H]1O. The highest BCUT2D eigenvalue weighted by atomic mass is 16.7. The van der Waals surface area contributed by atoms with E-state index in [2.05, 4.69) is 0 Å². The fourth-order valence-electron chi connectivity index (χ4n) is 5.34. The lowest BCUT2D eigenvalue weighted by molar-refractivity contribution is -0.247. The first-order valence-corrected chi connectivity index (χ1v) is 11.3. The predicted molar refractivity (Wildman–Crippen MR) is 119 cm³/mol. The molecule has 6 atom stereocenters. The first-order chi connectivity index (χ1) is 16.0. The summed E-state index contributed by atoms with van der Waals surface area (Å²) in [6.07, 6.45) is -3.13. The summed E-state index contributed by atoms with van der Waals surface area (Å²) in [5, 5.41) is 43.4. The number of carbonyl (C=O) groups is 2. The summed E-state index contributed by atoms with van der Waals surface area (Å²) in [6.45, 7) is 3.22. The number of aliphatic hydroxyl groups excluding tert-OH is 1. The Balaban J connectivity index is 1.63. The van der Waals surface area contributed by atoms with E-state index in [-0.39, 0.29) is 52.6 Å². The second-order valence-corrected chi connectivity index (χ2v) is 9.71. The van der Waals surface area contributed by atoms with Gasteiger partial charge in [-0.1, -0.05) is 24.3 Å². The lowest BCUT2D eigenvalue weighted by Crippen LogP contribution is -2.52. The maximum absolute atomic E-state index is 13.3. The second kappa shape index (κ2) is 7.86. The maximum Gasteiger partial charge on any atom is 0.198 e. The van der Waals surface area contributed by atoms with E-state index in [1.165, 1.54) is 12.1 Å². The Morgan fingerprint density at radius 2 is 1.68 bits per heavy atom. The Bertz CT molecular complexity index is 1190. The van der Waals surface area contributed by atoms with E-state index in [1.54, 1.807) is 26.0 Å². The zero-order valence-electron chi connectivity index (χ0n) is 18.8. The van der Waals surface area contributed by atoms with Crippen molar-refractivity contribution in [2.45, 2.75) is 69.4 Å². The number of ether oxygens (including phenoxy) is 2. The smallest absolute Gasteiger partial charge is 0.198 e. The number of nitrogens with two attached hydrogens (primary N) is 1. The molecule has 0 saturated carbocycles. The molecule has 34 heavy (non-hydrogen) atoms. The van der Waals surface area contributed by atoms with E-state index >= 15 is 0 Å². The lowest BCUT2D eigenvalue weighted by atomic mass is 9.73. The Hall–Kier alpha value is -2.82. The molecule has 2 aromatic carbocycles. The number of ketones is 2. The zero-order chi connectivity index (χ0) is 24.5. The van der Waals surface area contributed by atoms with Gasteiger partial charge in [0.05, 0.1) is 35.0 Å². The molecule has 9 heteroatoms. The predicted octanol–water partition coefficient (Wildman–Crippen LogP) is 1.45. The summed E-state index contributed by atoms with van der Waals surface area (Å²) in [7, 11) is 0. The molecule has 1 saturated heterocycles. The maximum atomic E-state index is 13.3. The van der Waals surface area contributed by atoms with Gasteiger partial charge in [-0.2, -0.15) is 0 Å². The Morgan fingerprint density at radius 1 is 1.09 bits per heavy atom. The summed E-state index contributed by atoms with van der Waals surface area (Å²) >= 11 is 0. The minimum atomic E-state index is -1.34. The van der Waals surface area contributed by atoms with Gasteiger partial charge >= 0.3 is 0 Å². The number of fused-ring (bicyclic) bond motifs is 3. The first-order valence-electron chi connectivity index (χ1n) is 11.3. The molecular formula is C25H27NO8. The normalized spacial score (nSPS) is 32.7. The summed E-state index contributed by atoms with van der Waals surface area (Å²) in [5.41, 5.74) is 4.68. The van der Waals surface area contributed by atoms with Crippen LogP contribution in [0.4, 0.5) is 0 Å². The van der Waals surface area contributed by atoms with Crippen molar-refractivity contribution < 1.29 is 39.5 Å². The lowest BCUT2D eigenvalue weighted by Gasteiger charge is -2.41. The summed E-state index contributed by atoms with van der Waals surface area (Å²) in [4.78, 5) is 26.5. The van der Waals surface area contributed by atoms with E-state index in [9.17, 15) is 30.0 Å². The van der Waals surface area contributed by atoms with Gasteiger partial charge in [0, 0.05) is 47.6 Å². The molecule has 0 radical (unpaired) electrons. The van der Waals surface area contributed by atoms with Crippen molar-refractivity contribution in [1.82, 2.24) is 0 Å². The average Bonchev–Trinajstić information content (AvgIpc) is 2.77. The van der Waals surface area contributed by atoms with Gasteiger partial charge in [0.2, 0.25) is 0 Å². The van der Waals surface area contributed by atoms with Crippen LogP contribution < -0.4 is 5.73 Å². The van der Waals surface area contributed by atoms with Gasteiger partial charge in [-0.05, 0) is 13.8 Å². The van der Waals surface area contributed by atoms with Crippen molar-refractivity contribution in [3.05, 3.63) is 57.6 Å².